The van der Waals surface area contributed by atoms with Gasteiger partial charge in [-0.25, -0.2) is 0 Å². The molecule has 0 aliphatic heterocycles. The van der Waals surface area contributed by atoms with Gasteiger partial charge in [0.15, 0.2) is 6.29 Å². The molecule has 74 valence electrons. The van der Waals surface area contributed by atoms with E-state index in [0.29, 0.717) is 13.1 Å². The standard InChI is InChI=1S/C8H20N2O2/c1-6(4-9)11-8(3)12-7(2)5-10/h6-8H,4-5,9-10H2,1-3H3. The molecule has 0 rings (SSSR count). The predicted octanol–water partition coefficient (Wildman–Crippen LogP) is 0.0600. The monoisotopic (exact) mass is 176 g/mol. The van der Waals surface area contributed by atoms with E-state index in [0.717, 1.165) is 0 Å². The largest absolute Gasteiger partial charge is 0.349 e. The maximum atomic E-state index is 5.38. The molecule has 4 N–H and O–H groups in total. The molecule has 2 unspecified atom stereocenters. The van der Waals surface area contributed by atoms with E-state index in [1.165, 1.54) is 0 Å². The van der Waals surface area contributed by atoms with E-state index in [1.54, 1.807) is 0 Å². The lowest BCUT2D eigenvalue weighted by Gasteiger charge is -2.21. The van der Waals surface area contributed by atoms with Crippen LogP contribution < -0.4 is 11.5 Å². The summed E-state index contributed by atoms with van der Waals surface area (Å²) >= 11 is 0. The second kappa shape index (κ2) is 6.37. The topological polar surface area (TPSA) is 70.5 Å². The van der Waals surface area contributed by atoms with Gasteiger partial charge < -0.3 is 20.9 Å². The third-order valence-electron chi connectivity index (χ3n) is 1.51. The van der Waals surface area contributed by atoms with E-state index in [2.05, 4.69) is 0 Å². The SMILES string of the molecule is CC(CN)OC(C)OC(C)CN. The number of rotatable bonds is 6. The highest BCUT2D eigenvalue weighted by molar-refractivity contribution is 4.52. The van der Waals surface area contributed by atoms with Gasteiger partial charge in [-0.2, -0.15) is 0 Å². The zero-order valence-electron chi connectivity index (χ0n) is 8.12. The first-order valence-corrected chi connectivity index (χ1v) is 4.31. The van der Waals surface area contributed by atoms with Crippen molar-refractivity contribution in [2.75, 3.05) is 13.1 Å². The highest BCUT2D eigenvalue weighted by Crippen LogP contribution is 2.01. The van der Waals surface area contributed by atoms with E-state index in [9.17, 15) is 0 Å². The van der Waals surface area contributed by atoms with Crippen molar-refractivity contribution in [3.8, 4) is 0 Å². The summed E-state index contributed by atoms with van der Waals surface area (Å²) in [5.41, 5.74) is 10.8. The third-order valence-corrected chi connectivity index (χ3v) is 1.51. The zero-order chi connectivity index (χ0) is 9.56. The summed E-state index contributed by atoms with van der Waals surface area (Å²) in [5, 5.41) is 0. The molecule has 4 nitrogen and oxygen atoms in total. The highest BCUT2D eigenvalue weighted by atomic mass is 16.7. The van der Waals surface area contributed by atoms with Crippen LogP contribution in [0.25, 0.3) is 0 Å². The van der Waals surface area contributed by atoms with Crippen LogP contribution in [-0.4, -0.2) is 31.6 Å². The number of ether oxygens (including phenoxy) is 2. The minimum absolute atomic E-state index is 0.0324. The van der Waals surface area contributed by atoms with Crippen LogP contribution in [0.1, 0.15) is 20.8 Å². The number of hydrogen-bond acceptors (Lipinski definition) is 4. The maximum absolute atomic E-state index is 5.38. The number of hydrogen-bond donors (Lipinski definition) is 2. The van der Waals surface area contributed by atoms with Crippen LogP contribution >= 0.6 is 0 Å². The van der Waals surface area contributed by atoms with Crippen LogP contribution in [-0.2, 0) is 9.47 Å². The van der Waals surface area contributed by atoms with Crippen LogP contribution in [0, 0.1) is 0 Å². The zero-order valence-corrected chi connectivity index (χ0v) is 8.12. The molecule has 0 aromatic rings. The Morgan fingerprint density at radius 3 is 1.50 bits per heavy atom. The summed E-state index contributed by atoms with van der Waals surface area (Å²) in [6.45, 7) is 6.67. The summed E-state index contributed by atoms with van der Waals surface area (Å²) in [7, 11) is 0. The van der Waals surface area contributed by atoms with Crippen molar-refractivity contribution in [1.82, 2.24) is 0 Å². The van der Waals surface area contributed by atoms with Gasteiger partial charge in [0.05, 0.1) is 12.2 Å². The molecule has 0 bridgehead atoms. The Morgan fingerprint density at radius 1 is 0.917 bits per heavy atom. The molecule has 0 fully saturated rings. The van der Waals surface area contributed by atoms with E-state index < -0.39 is 0 Å². The van der Waals surface area contributed by atoms with Crippen molar-refractivity contribution in [3.05, 3.63) is 0 Å². The quantitative estimate of drug-likeness (QED) is 0.561. The molecular formula is C8H20N2O2. The molecule has 0 aliphatic carbocycles. The van der Waals surface area contributed by atoms with Gasteiger partial charge in [-0.3, -0.25) is 0 Å². The number of nitrogens with two attached hydrogens (primary N) is 2. The second-order valence-corrected chi connectivity index (χ2v) is 2.93. The Balaban J connectivity index is 3.51. The molecule has 0 aliphatic rings. The van der Waals surface area contributed by atoms with E-state index in [1.807, 2.05) is 20.8 Å². The Hall–Kier alpha value is -0.160. The van der Waals surface area contributed by atoms with E-state index >= 15 is 0 Å². The first kappa shape index (κ1) is 11.8. The minimum atomic E-state index is -0.234. The Morgan fingerprint density at radius 2 is 1.25 bits per heavy atom. The van der Waals surface area contributed by atoms with E-state index in [-0.39, 0.29) is 18.5 Å². The maximum Gasteiger partial charge on any atom is 0.155 e. The van der Waals surface area contributed by atoms with Crippen LogP contribution in [0.5, 0.6) is 0 Å². The normalized spacial score (nSPS) is 18.8. The fourth-order valence-corrected chi connectivity index (χ4v) is 0.797. The van der Waals surface area contributed by atoms with Gasteiger partial charge in [0, 0.05) is 13.1 Å². The molecule has 0 amide bonds. The summed E-state index contributed by atoms with van der Waals surface area (Å²) in [6.07, 6.45) is -0.169. The summed E-state index contributed by atoms with van der Waals surface area (Å²) in [4.78, 5) is 0. The first-order valence-electron chi connectivity index (χ1n) is 4.31. The molecule has 0 radical (unpaired) electrons. The molecule has 4 heteroatoms. The Labute approximate surface area is 74.2 Å². The summed E-state index contributed by atoms with van der Waals surface area (Å²) < 4.78 is 10.7. The van der Waals surface area contributed by atoms with Gasteiger partial charge in [-0.1, -0.05) is 0 Å². The van der Waals surface area contributed by atoms with E-state index in [4.69, 9.17) is 20.9 Å². The van der Waals surface area contributed by atoms with Crippen molar-refractivity contribution in [2.45, 2.75) is 39.3 Å². The Bertz CT molecular complexity index is 99.2. The van der Waals surface area contributed by atoms with Crippen LogP contribution in [0.2, 0.25) is 0 Å². The third kappa shape index (κ3) is 5.49. The van der Waals surface area contributed by atoms with Crippen LogP contribution in [0.3, 0.4) is 0 Å². The molecule has 0 saturated heterocycles. The lowest BCUT2D eigenvalue weighted by molar-refractivity contribution is -0.173. The van der Waals surface area contributed by atoms with Crippen molar-refractivity contribution >= 4 is 0 Å². The lowest BCUT2D eigenvalue weighted by Crippen LogP contribution is -2.31. The molecule has 12 heavy (non-hydrogen) atoms. The minimum Gasteiger partial charge on any atom is -0.349 e. The molecule has 2 atom stereocenters. The molecule has 0 aromatic carbocycles. The fourth-order valence-electron chi connectivity index (χ4n) is 0.797. The fraction of sp³-hybridized carbons (Fsp3) is 1.00. The summed E-state index contributed by atoms with van der Waals surface area (Å²) in [5.74, 6) is 0. The molecule has 0 saturated carbocycles. The second-order valence-electron chi connectivity index (χ2n) is 2.93. The van der Waals surface area contributed by atoms with Gasteiger partial charge in [-0.05, 0) is 20.8 Å². The summed E-state index contributed by atoms with van der Waals surface area (Å²) in [6, 6.07) is 0. The lowest BCUT2D eigenvalue weighted by atomic mass is 10.4. The van der Waals surface area contributed by atoms with Crippen molar-refractivity contribution in [2.24, 2.45) is 11.5 Å². The predicted molar refractivity (Wildman–Crippen MR) is 48.7 cm³/mol. The van der Waals surface area contributed by atoms with Gasteiger partial charge >= 0.3 is 0 Å². The molecular weight excluding hydrogens is 156 g/mol. The molecule has 0 aromatic heterocycles. The van der Waals surface area contributed by atoms with Gasteiger partial charge in [0.2, 0.25) is 0 Å². The average Bonchev–Trinajstić information content (AvgIpc) is 2.03. The smallest absolute Gasteiger partial charge is 0.155 e. The Kier molecular flexibility index (Phi) is 6.28. The van der Waals surface area contributed by atoms with Crippen LogP contribution in [0.4, 0.5) is 0 Å². The first-order chi connectivity index (χ1) is 5.60. The van der Waals surface area contributed by atoms with Gasteiger partial charge in [0.25, 0.3) is 0 Å². The van der Waals surface area contributed by atoms with Crippen molar-refractivity contribution in [3.63, 3.8) is 0 Å². The molecule has 0 spiro atoms. The van der Waals surface area contributed by atoms with Crippen molar-refractivity contribution < 1.29 is 9.47 Å². The van der Waals surface area contributed by atoms with Crippen molar-refractivity contribution in [1.29, 1.82) is 0 Å². The van der Waals surface area contributed by atoms with Gasteiger partial charge in [0.1, 0.15) is 0 Å². The van der Waals surface area contributed by atoms with Gasteiger partial charge in [-0.15, -0.1) is 0 Å². The average molecular weight is 176 g/mol. The highest BCUT2D eigenvalue weighted by Gasteiger charge is 2.09. The van der Waals surface area contributed by atoms with Crippen LogP contribution in [0.15, 0.2) is 0 Å². The molecule has 0 heterocycles.